The number of morpholine rings is 1. The molecule has 5 heteroatoms. The number of pyridine rings is 1. The maximum atomic E-state index is 6.18. The second-order valence-corrected chi connectivity index (χ2v) is 7.05. The van der Waals surface area contributed by atoms with Crippen LogP contribution in [0.5, 0.6) is 0 Å². The van der Waals surface area contributed by atoms with Crippen molar-refractivity contribution in [1.29, 1.82) is 0 Å². The first-order valence-corrected chi connectivity index (χ1v) is 8.92. The van der Waals surface area contributed by atoms with Crippen LogP contribution in [0.4, 0.5) is 0 Å². The predicted octanol–water partition coefficient (Wildman–Crippen LogP) is 1.25. The molecule has 1 aromatic rings. The van der Waals surface area contributed by atoms with Crippen molar-refractivity contribution in [2.24, 2.45) is 11.8 Å². The van der Waals surface area contributed by atoms with Crippen molar-refractivity contribution in [3.05, 3.63) is 30.1 Å². The standard InChI is InChI=1S/C18H27N3O2/c1-2-5-19-16(3-1)11-21-6-4-15-14-23-18(17(15)12-21)13-20-7-9-22-10-8-20/h1-3,5,15,17-18H,4,6-14H2/t15-,17-,18+/m0/s1. The van der Waals surface area contributed by atoms with E-state index in [9.17, 15) is 0 Å². The van der Waals surface area contributed by atoms with E-state index < -0.39 is 0 Å². The highest BCUT2D eigenvalue weighted by atomic mass is 16.5. The van der Waals surface area contributed by atoms with Crippen molar-refractivity contribution < 1.29 is 9.47 Å². The van der Waals surface area contributed by atoms with Gasteiger partial charge in [0, 0.05) is 44.8 Å². The van der Waals surface area contributed by atoms with Crippen molar-refractivity contribution in [1.82, 2.24) is 14.8 Å². The molecule has 3 atom stereocenters. The lowest BCUT2D eigenvalue weighted by Crippen LogP contribution is -2.47. The minimum Gasteiger partial charge on any atom is -0.379 e. The minimum absolute atomic E-state index is 0.393. The molecule has 0 unspecified atom stereocenters. The molecular weight excluding hydrogens is 290 g/mol. The molecule has 0 aromatic carbocycles. The van der Waals surface area contributed by atoms with Gasteiger partial charge in [-0.05, 0) is 31.0 Å². The molecule has 0 N–H and O–H groups in total. The van der Waals surface area contributed by atoms with Gasteiger partial charge in [-0.1, -0.05) is 6.07 Å². The van der Waals surface area contributed by atoms with Crippen molar-refractivity contribution in [3.63, 3.8) is 0 Å². The molecular formula is C18H27N3O2. The molecule has 1 aromatic heterocycles. The summed E-state index contributed by atoms with van der Waals surface area (Å²) in [5.74, 6) is 1.43. The SMILES string of the molecule is c1ccc(CN2CC[C@H]3CO[C@H](CN4CCOCC4)[C@H]3C2)nc1. The number of hydrogen-bond donors (Lipinski definition) is 0. The van der Waals surface area contributed by atoms with Crippen LogP contribution >= 0.6 is 0 Å². The van der Waals surface area contributed by atoms with Crippen molar-refractivity contribution >= 4 is 0 Å². The Kier molecular flexibility index (Phi) is 4.90. The van der Waals surface area contributed by atoms with Crippen LogP contribution in [0, 0.1) is 11.8 Å². The maximum absolute atomic E-state index is 6.18. The predicted molar refractivity (Wildman–Crippen MR) is 88.1 cm³/mol. The van der Waals surface area contributed by atoms with E-state index >= 15 is 0 Å². The van der Waals surface area contributed by atoms with Crippen LogP contribution in [-0.4, -0.2) is 73.4 Å². The van der Waals surface area contributed by atoms with Gasteiger partial charge in [0.1, 0.15) is 0 Å². The normalized spacial score (nSPS) is 32.8. The fourth-order valence-electron chi connectivity index (χ4n) is 4.19. The Bertz CT molecular complexity index is 492. The third-order valence-corrected chi connectivity index (χ3v) is 5.55. The Morgan fingerprint density at radius 2 is 2.04 bits per heavy atom. The average Bonchev–Trinajstić information content (AvgIpc) is 2.99. The number of piperidine rings is 1. The number of fused-ring (bicyclic) bond motifs is 1. The van der Waals surface area contributed by atoms with E-state index in [0.717, 1.165) is 58.5 Å². The van der Waals surface area contributed by atoms with E-state index in [1.165, 1.54) is 18.7 Å². The molecule has 0 radical (unpaired) electrons. The molecule has 4 rings (SSSR count). The summed E-state index contributed by atoms with van der Waals surface area (Å²) in [6.45, 7) is 9.15. The molecule has 0 amide bonds. The zero-order valence-electron chi connectivity index (χ0n) is 13.8. The number of aromatic nitrogens is 1. The third-order valence-electron chi connectivity index (χ3n) is 5.55. The monoisotopic (exact) mass is 317 g/mol. The Labute approximate surface area is 138 Å². The van der Waals surface area contributed by atoms with Gasteiger partial charge in [0.05, 0.1) is 31.6 Å². The fourth-order valence-corrected chi connectivity index (χ4v) is 4.19. The van der Waals surface area contributed by atoms with Crippen LogP contribution in [0.1, 0.15) is 12.1 Å². The quantitative estimate of drug-likeness (QED) is 0.836. The molecule has 23 heavy (non-hydrogen) atoms. The largest absolute Gasteiger partial charge is 0.379 e. The lowest BCUT2D eigenvalue weighted by Gasteiger charge is -2.37. The molecule has 0 spiro atoms. The number of rotatable bonds is 4. The summed E-state index contributed by atoms with van der Waals surface area (Å²) in [6.07, 6.45) is 3.55. The highest BCUT2D eigenvalue weighted by Gasteiger charge is 2.41. The zero-order chi connectivity index (χ0) is 15.5. The van der Waals surface area contributed by atoms with Gasteiger partial charge < -0.3 is 9.47 Å². The van der Waals surface area contributed by atoms with Gasteiger partial charge in [0.25, 0.3) is 0 Å². The highest BCUT2D eigenvalue weighted by Crippen LogP contribution is 2.35. The van der Waals surface area contributed by atoms with Crippen LogP contribution in [0.3, 0.4) is 0 Å². The van der Waals surface area contributed by atoms with Crippen LogP contribution < -0.4 is 0 Å². The Morgan fingerprint density at radius 3 is 2.87 bits per heavy atom. The Hall–Kier alpha value is -1.01. The topological polar surface area (TPSA) is 37.8 Å². The van der Waals surface area contributed by atoms with Crippen molar-refractivity contribution in [3.8, 4) is 0 Å². The number of likely N-dealkylation sites (tertiary alicyclic amines) is 1. The molecule has 0 saturated carbocycles. The van der Waals surface area contributed by atoms with E-state index in [-0.39, 0.29) is 0 Å². The molecule has 3 aliphatic heterocycles. The zero-order valence-corrected chi connectivity index (χ0v) is 13.8. The van der Waals surface area contributed by atoms with E-state index in [2.05, 4.69) is 26.9 Å². The number of hydrogen-bond acceptors (Lipinski definition) is 5. The van der Waals surface area contributed by atoms with Gasteiger partial charge in [0.15, 0.2) is 0 Å². The van der Waals surface area contributed by atoms with E-state index in [1.807, 2.05) is 12.3 Å². The van der Waals surface area contributed by atoms with Gasteiger partial charge >= 0.3 is 0 Å². The van der Waals surface area contributed by atoms with Crippen LogP contribution in [0.15, 0.2) is 24.4 Å². The van der Waals surface area contributed by atoms with E-state index in [4.69, 9.17) is 9.47 Å². The molecule has 4 heterocycles. The summed E-state index contributed by atoms with van der Waals surface area (Å²) < 4.78 is 11.6. The van der Waals surface area contributed by atoms with Gasteiger partial charge in [-0.2, -0.15) is 0 Å². The van der Waals surface area contributed by atoms with Crippen LogP contribution in [0.25, 0.3) is 0 Å². The highest BCUT2D eigenvalue weighted by molar-refractivity contribution is 5.04. The van der Waals surface area contributed by atoms with E-state index in [1.54, 1.807) is 0 Å². The molecule has 3 fully saturated rings. The second kappa shape index (κ2) is 7.26. The summed E-state index contributed by atoms with van der Waals surface area (Å²) in [6, 6.07) is 6.19. The number of ether oxygens (including phenoxy) is 2. The van der Waals surface area contributed by atoms with Gasteiger partial charge in [-0.15, -0.1) is 0 Å². The fraction of sp³-hybridized carbons (Fsp3) is 0.722. The first-order valence-electron chi connectivity index (χ1n) is 8.92. The molecule has 126 valence electrons. The minimum atomic E-state index is 0.393. The molecule has 0 aliphatic carbocycles. The lowest BCUT2D eigenvalue weighted by atomic mass is 9.84. The lowest BCUT2D eigenvalue weighted by molar-refractivity contribution is -0.00498. The average molecular weight is 317 g/mol. The Morgan fingerprint density at radius 1 is 1.13 bits per heavy atom. The van der Waals surface area contributed by atoms with Crippen LogP contribution in [0.2, 0.25) is 0 Å². The molecule has 3 aliphatic rings. The first-order chi connectivity index (χ1) is 11.4. The van der Waals surface area contributed by atoms with Gasteiger partial charge in [-0.25, -0.2) is 0 Å². The molecule has 5 nitrogen and oxygen atoms in total. The smallest absolute Gasteiger partial charge is 0.0745 e. The summed E-state index contributed by atoms with van der Waals surface area (Å²) in [5.41, 5.74) is 1.18. The van der Waals surface area contributed by atoms with Gasteiger partial charge in [-0.3, -0.25) is 14.8 Å². The second-order valence-electron chi connectivity index (χ2n) is 7.05. The first kappa shape index (κ1) is 15.5. The van der Waals surface area contributed by atoms with Crippen molar-refractivity contribution in [2.45, 2.75) is 19.1 Å². The molecule has 3 saturated heterocycles. The Balaban J connectivity index is 1.35. The maximum Gasteiger partial charge on any atom is 0.0745 e. The third kappa shape index (κ3) is 3.74. The number of nitrogens with zero attached hydrogens (tertiary/aromatic N) is 3. The van der Waals surface area contributed by atoms with E-state index in [0.29, 0.717) is 12.0 Å². The van der Waals surface area contributed by atoms with Crippen molar-refractivity contribution in [2.75, 3.05) is 52.5 Å². The van der Waals surface area contributed by atoms with Gasteiger partial charge in [0.2, 0.25) is 0 Å². The summed E-state index contributed by atoms with van der Waals surface area (Å²) in [7, 11) is 0. The summed E-state index contributed by atoms with van der Waals surface area (Å²) in [5, 5.41) is 0. The summed E-state index contributed by atoms with van der Waals surface area (Å²) in [4.78, 5) is 9.54. The van der Waals surface area contributed by atoms with Crippen LogP contribution in [-0.2, 0) is 16.0 Å². The molecule has 0 bridgehead atoms. The summed E-state index contributed by atoms with van der Waals surface area (Å²) >= 11 is 0.